The molecule has 0 bridgehead atoms. The van der Waals surface area contributed by atoms with E-state index < -0.39 is 15.6 Å². The number of carbonyl (C=O) groups excluding carboxylic acids is 1. The van der Waals surface area contributed by atoms with Crippen LogP contribution in [0.25, 0.3) is 0 Å². The molecule has 8 heteroatoms. The van der Waals surface area contributed by atoms with Crippen molar-refractivity contribution in [2.75, 3.05) is 20.6 Å². The molecule has 7 nitrogen and oxygen atoms in total. The van der Waals surface area contributed by atoms with E-state index in [0.717, 1.165) is 4.31 Å². The summed E-state index contributed by atoms with van der Waals surface area (Å²) in [5, 5.41) is 2.65. The highest BCUT2D eigenvalue weighted by Gasteiger charge is 2.30. The summed E-state index contributed by atoms with van der Waals surface area (Å²) in [4.78, 5) is 12.4. The van der Waals surface area contributed by atoms with Gasteiger partial charge in [-0.25, -0.2) is 12.7 Å². The zero-order valence-electron chi connectivity index (χ0n) is 13.8. The number of sulfonamides is 1. The number of carbonyl (C=O) groups is 1. The van der Waals surface area contributed by atoms with Crippen LogP contribution in [0.2, 0.25) is 0 Å². The number of nitrogens with one attached hydrogen (secondary N) is 1. The van der Waals surface area contributed by atoms with Crippen LogP contribution in [0, 0.1) is 6.92 Å². The number of rotatable bonds is 7. The number of hydrogen-bond donors (Lipinski definition) is 2. The second-order valence-electron chi connectivity index (χ2n) is 5.47. The molecule has 0 aliphatic rings. The van der Waals surface area contributed by atoms with Gasteiger partial charge >= 0.3 is 0 Å². The Labute approximate surface area is 131 Å². The minimum atomic E-state index is -3.71. The average Bonchev–Trinajstić information content (AvgIpc) is 2.87. The number of nitrogens with two attached hydrogens (primary N) is 1. The highest BCUT2D eigenvalue weighted by Crippen LogP contribution is 2.22. The van der Waals surface area contributed by atoms with Gasteiger partial charge in [0.1, 0.15) is 5.76 Å². The smallest absolute Gasteiger partial charge is 0.275 e. The number of hydrogen-bond acceptors (Lipinski definition) is 5. The maximum absolute atomic E-state index is 12.4. The fourth-order valence-electron chi connectivity index (χ4n) is 2.06. The van der Waals surface area contributed by atoms with Gasteiger partial charge < -0.3 is 15.5 Å². The lowest BCUT2D eigenvalue weighted by atomic mass is 9.92. The van der Waals surface area contributed by atoms with Crippen molar-refractivity contribution in [2.45, 2.75) is 44.2 Å². The van der Waals surface area contributed by atoms with E-state index in [0.29, 0.717) is 19.4 Å². The Morgan fingerprint density at radius 3 is 2.32 bits per heavy atom. The van der Waals surface area contributed by atoms with Crippen LogP contribution in [0.3, 0.4) is 0 Å². The molecule has 1 rings (SSSR count). The van der Waals surface area contributed by atoms with E-state index >= 15 is 0 Å². The summed E-state index contributed by atoms with van der Waals surface area (Å²) < 4.78 is 30.4. The van der Waals surface area contributed by atoms with Crippen LogP contribution in [0.1, 0.15) is 42.8 Å². The summed E-state index contributed by atoms with van der Waals surface area (Å²) in [6.45, 7) is 5.76. The molecule has 22 heavy (non-hydrogen) atoms. The zero-order chi connectivity index (χ0) is 17.1. The molecule has 0 aromatic carbocycles. The van der Waals surface area contributed by atoms with Gasteiger partial charge in [-0.2, -0.15) is 0 Å². The second-order valence-corrected chi connectivity index (χ2v) is 7.55. The third-order valence-corrected chi connectivity index (χ3v) is 5.67. The van der Waals surface area contributed by atoms with E-state index in [1.54, 1.807) is 6.92 Å². The Morgan fingerprint density at radius 1 is 1.36 bits per heavy atom. The van der Waals surface area contributed by atoms with Gasteiger partial charge in [-0.3, -0.25) is 4.79 Å². The highest BCUT2D eigenvalue weighted by atomic mass is 32.2. The number of nitrogens with zero attached hydrogens (tertiary/aromatic N) is 1. The normalized spacial score (nSPS) is 12.7. The minimum Gasteiger partial charge on any atom is -0.448 e. The van der Waals surface area contributed by atoms with E-state index in [4.69, 9.17) is 10.2 Å². The second kappa shape index (κ2) is 6.80. The number of aryl methyl sites for hydroxylation is 1. The topological polar surface area (TPSA) is 106 Å². The predicted octanol–water partition coefficient (Wildman–Crippen LogP) is 1.09. The molecule has 0 atom stereocenters. The van der Waals surface area contributed by atoms with Gasteiger partial charge in [-0.05, 0) is 19.8 Å². The fourth-order valence-corrected chi connectivity index (χ4v) is 2.92. The first-order chi connectivity index (χ1) is 10.1. The molecule has 0 saturated carbocycles. The maximum Gasteiger partial charge on any atom is 0.275 e. The van der Waals surface area contributed by atoms with Crippen LogP contribution >= 0.6 is 0 Å². The van der Waals surface area contributed by atoms with Gasteiger partial charge in [0.15, 0.2) is 0 Å². The van der Waals surface area contributed by atoms with Crippen molar-refractivity contribution in [1.29, 1.82) is 0 Å². The number of furan rings is 1. The van der Waals surface area contributed by atoms with Crippen LogP contribution in [0.4, 0.5) is 0 Å². The van der Waals surface area contributed by atoms with E-state index in [1.165, 1.54) is 20.2 Å². The molecule has 1 heterocycles. The first-order valence-corrected chi connectivity index (χ1v) is 8.63. The van der Waals surface area contributed by atoms with Crippen LogP contribution in [0.5, 0.6) is 0 Å². The Balaban J connectivity index is 3.14. The maximum atomic E-state index is 12.4. The molecule has 1 amide bonds. The monoisotopic (exact) mass is 331 g/mol. The van der Waals surface area contributed by atoms with Gasteiger partial charge in [0.25, 0.3) is 15.9 Å². The molecule has 0 radical (unpaired) electrons. The van der Waals surface area contributed by atoms with Gasteiger partial charge in [-0.1, -0.05) is 13.8 Å². The third kappa shape index (κ3) is 3.50. The molecule has 3 N–H and O–H groups in total. The van der Waals surface area contributed by atoms with Crippen LogP contribution < -0.4 is 11.1 Å². The predicted molar refractivity (Wildman–Crippen MR) is 84.2 cm³/mol. The van der Waals surface area contributed by atoms with Crippen LogP contribution in [-0.4, -0.2) is 44.8 Å². The fraction of sp³-hybridized carbons (Fsp3) is 0.643. The molecular formula is C14H25N3O4S. The standard InChI is InChI=1S/C14H25N3O4S/c1-6-14(7-2,9-15)16-13(18)11-8-12(21-10(11)3)22(19,20)17(4)5/h8H,6-7,9,15H2,1-5H3,(H,16,18). The van der Waals surface area contributed by atoms with Gasteiger partial charge in [0.2, 0.25) is 5.09 Å². The Kier molecular flexibility index (Phi) is 5.77. The number of amides is 1. The molecule has 0 saturated heterocycles. The Bertz CT molecular complexity index is 622. The van der Waals surface area contributed by atoms with Gasteiger partial charge in [-0.15, -0.1) is 0 Å². The average molecular weight is 331 g/mol. The summed E-state index contributed by atoms with van der Waals surface area (Å²) in [5.74, 6) is -0.119. The Morgan fingerprint density at radius 2 is 1.91 bits per heavy atom. The molecule has 1 aromatic heterocycles. The first-order valence-electron chi connectivity index (χ1n) is 7.19. The lowest BCUT2D eigenvalue weighted by Gasteiger charge is -2.31. The minimum absolute atomic E-state index is 0.208. The van der Waals surface area contributed by atoms with Crippen molar-refractivity contribution in [3.8, 4) is 0 Å². The van der Waals surface area contributed by atoms with Crippen molar-refractivity contribution < 1.29 is 17.6 Å². The van der Waals surface area contributed by atoms with Crippen molar-refractivity contribution in [3.05, 3.63) is 17.4 Å². The summed E-state index contributed by atoms with van der Waals surface area (Å²) in [7, 11) is -0.904. The van der Waals surface area contributed by atoms with E-state index in [2.05, 4.69) is 5.32 Å². The lowest BCUT2D eigenvalue weighted by Crippen LogP contribution is -2.52. The molecule has 1 aromatic rings. The lowest BCUT2D eigenvalue weighted by molar-refractivity contribution is 0.0893. The largest absolute Gasteiger partial charge is 0.448 e. The third-order valence-electron chi connectivity index (χ3n) is 4.00. The van der Waals surface area contributed by atoms with Crippen LogP contribution in [0.15, 0.2) is 15.6 Å². The highest BCUT2D eigenvalue weighted by molar-refractivity contribution is 7.88. The van der Waals surface area contributed by atoms with Gasteiger partial charge in [0.05, 0.1) is 11.1 Å². The molecule has 0 aliphatic carbocycles. The van der Waals surface area contributed by atoms with E-state index in [9.17, 15) is 13.2 Å². The summed E-state index contributed by atoms with van der Waals surface area (Å²) in [6.07, 6.45) is 1.37. The van der Waals surface area contributed by atoms with Crippen molar-refractivity contribution >= 4 is 15.9 Å². The van der Waals surface area contributed by atoms with Crippen molar-refractivity contribution in [3.63, 3.8) is 0 Å². The van der Waals surface area contributed by atoms with Crippen molar-refractivity contribution in [1.82, 2.24) is 9.62 Å². The Hall–Kier alpha value is -1.38. The van der Waals surface area contributed by atoms with E-state index in [1.807, 2.05) is 13.8 Å². The molecule has 0 fully saturated rings. The van der Waals surface area contributed by atoms with Gasteiger partial charge in [0, 0.05) is 26.7 Å². The summed E-state index contributed by atoms with van der Waals surface area (Å²) in [6, 6.07) is 1.26. The summed E-state index contributed by atoms with van der Waals surface area (Å²) in [5.41, 5.74) is 5.48. The molecule has 0 unspecified atom stereocenters. The zero-order valence-corrected chi connectivity index (χ0v) is 14.6. The van der Waals surface area contributed by atoms with Crippen LogP contribution in [-0.2, 0) is 10.0 Å². The first kappa shape index (κ1) is 18.7. The summed E-state index contributed by atoms with van der Waals surface area (Å²) >= 11 is 0. The molecule has 0 aliphatic heterocycles. The molecule has 126 valence electrons. The molecule has 0 spiro atoms. The van der Waals surface area contributed by atoms with E-state index in [-0.39, 0.29) is 22.3 Å². The molecular weight excluding hydrogens is 306 g/mol. The SMILES string of the molecule is CCC(CC)(CN)NC(=O)c1cc(S(=O)(=O)N(C)C)oc1C. The quantitative estimate of drug-likeness (QED) is 0.778. The van der Waals surface area contributed by atoms with Crippen molar-refractivity contribution in [2.24, 2.45) is 5.73 Å².